The molecule has 0 radical (unpaired) electrons. The highest BCUT2D eigenvalue weighted by Gasteiger charge is 2.16. The van der Waals surface area contributed by atoms with Gasteiger partial charge in [0.15, 0.2) is 0 Å². The number of nitrogens with zero attached hydrogens (tertiary/aromatic N) is 1. The molecule has 2 aromatic carbocycles. The van der Waals surface area contributed by atoms with Crippen molar-refractivity contribution in [3.63, 3.8) is 0 Å². The minimum absolute atomic E-state index is 0.783. The zero-order valence-corrected chi connectivity index (χ0v) is 11.7. The van der Waals surface area contributed by atoms with Crippen LogP contribution in [0.5, 0.6) is 5.75 Å². The fourth-order valence-electron chi connectivity index (χ4n) is 2.53. The number of ether oxygens (including phenoxy) is 1. The Hall–Kier alpha value is -1.67. The number of halogens is 1. The number of benzene rings is 2. The van der Waals surface area contributed by atoms with Gasteiger partial charge >= 0.3 is 0 Å². The van der Waals surface area contributed by atoms with E-state index in [4.69, 9.17) is 16.3 Å². The molecule has 0 unspecified atom stereocenters. The molecule has 3 rings (SSSR count). The summed E-state index contributed by atoms with van der Waals surface area (Å²) in [5.74, 6) is 0.943. The van der Waals surface area contributed by atoms with Crippen molar-refractivity contribution in [1.29, 1.82) is 0 Å². The largest absolute Gasteiger partial charge is 0.497 e. The molecule has 0 atom stereocenters. The number of hydrogen-bond acceptors (Lipinski definition) is 2. The van der Waals surface area contributed by atoms with Crippen molar-refractivity contribution < 1.29 is 4.74 Å². The highest BCUT2D eigenvalue weighted by molar-refractivity contribution is 6.30. The van der Waals surface area contributed by atoms with E-state index in [-0.39, 0.29) is 0 Å². The zero-order chi connectivity index (χ0) is 13.2. The fraction of sp³-hybridized carbons (Fsp3) is 0.250. The van der Waals surface area contributed by atoms with Crippen LogP contribution >= 0.6 is 11.6 Å². The monoisotopic (exact) mass is 273 g/mol. The van der Waals surface area contributed by atoms with E-state index in [0.717, 1.165) is 30.3 Å². The molecule has 0 amide bonds. The maximum atomic E-state index is 5.93. The molecule has 19 heavy (non-hydrogen) atoms. The number of rotatable bonds is 2. The summed E-state index contributed by atoms with van der Waals surface area (Å²) in [6.45, 7) is 1.97. The van der Waals surface area contributed by atoms with Gasteiger partial charge in [0.1, 0.15) is 5.75 Å². The highest BCUT2D eigenvalue weighted by atomic mass is 35.5. The molecule has 0 aromatic heterocycles. The summed E-state index contributed by atoms with van der Waals surface area (Å²) in [5, 5.41) is 0.783. The molecular formula is C16H16ClNO. The summed E-state index contributed by atoms with van der Waals surface area (Å²) in [4.78, 5) is 2.38. The van der Waals surface area contributed by atoms with Crippen LogP contribution in [-0.4, -0.2) is 13.7 Å². The number of methoxy groups -OCH3 is 1. The summed E-state index contributed by atoms with van der Waals surface area (Å²) < 4.78 is 5.28. The van der Waals surface area contributed by atoms with E-state index < -0.39 is 0 Å². The first-order chi connectivity index (χ1) is 9.26. The average molecular weight is 274 g/mol. The lowest BCUT2D eigenvalue weighted by Crippen LogP contribution is -2.30. The molecule has 0 bridgehead atoms. The number of fused-ring (bicyclic) bond motifs is 1. The molecule has 2 aromatic rings. The predicted molar refractivity (Wildman–Crippen MR) is 79.2 cm³/mol. The van der Waals surface area contributed by atoms with Gasteiger partial charge in [0.05, 0.1) is 7.11 Å². The first-order valence-electron chi connectivity index (χ1n) is 6.42. The summed E-state index contributed by atoms with van der Waals surface area (Å²) in [6, 6.07) is 14.4. The standard InChI is InChI=1S/C16H16ClNO/c1-19-16-7-2-13-11-18(9-8-12(13)10-16)15-5-3-14(17)4-6-15/h2-7,10H,8-9,11H2,1H3. The quantitative estimate of drug-likeness (QED) is 0.823. The van der Waals surface area contributed by atoms with Gasteiger partial charge < -0.3 is 9.64 Å². The van der Waals surface area contributed by atoms with Crippen LogP contribution in [0.4, 0.5) is 5.69 Å². The molecule has 0 spiro atoms. The second-order valence-corrected chi connectivity index (χ2v) is 5.22. The Morgan fingerprint density at radius 1 is 1.05 bits per heavy atom. The van der Waals surface area contributed by atoms with Crippen LogP contribution in [0.15, 0.2) is 42.5 Å². The fourth-order valence-corrected chi connectivity index (χ4v) is 2.65. The smallest absolute Gasteiger partial charge is 0.119 e. The van der Waals surface area contributed by atoms with Crippen molar-refractivity contribution in [1.82, 2.24) is 0 Å². The topological polar surface area (TPSA) is 12.5 Å². The van der Waals surface area contributed by atoms with Crippen molar-refractivity contribution >= 4 is 17.3 Å². The van der Waals surface area contributed by atoms with Gasteiger partial charge in [-0.15, -0.1) is 0 Å². The lowest BCUT2D eigenvalue weighted by Gasteiger charge is -2.31. The second-order valence-electron chi connectivity index (χ2n) is 4.78. The highest BCUT2D eigenvalue weighted by Crippen LogP contribution is 2.27. The molecule has 2 nitrogen and oxygen atoms in total. The third-order valence-corrected chi connectivity index (χ3v) is 3.87. The van der Waals surface area contributed by atoms with Gasteiger partial charge in [-0.3, -0.25) is 0 Å². The lowest BCUT2D eigenvalue weighted by molar-refractivity contribution is 0.414. The molecule has 0 aliphatic carbocycles. The van der Waals surface area contributed by atoms with Crippen molar-refractivity contribution in [3.8, 4) is 5.75 Å². The van der Waals surface area contributed by atoms with Crippen molar-refractivity contribution in [3.05, 3.63) is 58.6 Å². The number of anilines is 1. The Labute approximate surface area is 118 Å². The molecule has 3 heteroatoms. The molecule has 1 aliphatic rings. The Kier molecular flexibility index (Phi) is 3.34. The summed E-state index contributed by atoms with van der Waals surface area (Å²) in [5.41, 5.74) is 4.00. The SMILES string of the molecule is COc1ccc2c(c1)CCN(c1ccc(Cl)cc1)C2. The minimum atomic E-state index is 0.783. The van der Waals surface area contributed by atoms with Crippen molar-refractivity contribution in [2.24, 2.45) is 0 Å². The van der Waals surface area contributed by atoms with E-state index >= 15 is 0 Å². The van der Waals surface area contributed by atoms with Crippen molar-refractivity contribution in [2.45, 2.75) is 13.0 Å². The third kappa shape index (κ3) is 2.54. The Morgan fingerprint density at radius 3 is 2.58 bits per heavy atom. The normalized spacial score (nSPS) is 14.1. The van der Waals surface area contributed by atoms with Gasteiger partial charge in [-0.05, 0) is 53.9 Å². The Morgan fingerprint density at radius 2 is 1.84 bits per heavy atom. The van der Waals surface area contributed by atoms with E-state index in [0.29, 0.717) is 0 Å². The molecule has 98 valence electrons. The van der Waals surface area contributed by atoms with E-state index in [9.17, 15) is 0 Å². The molecule has 1 aliphatic heterocycles. The van der Waals surface area contributed by atoms with Crippen LogP contribution in [0.25, 0.3) is 0 Å². The maximum absolute atomic E-state index is 5.93. The third-order valence-electron chi connectivity index (χ3n) is 3.62. The summed E-state index contributed by atoms with van der Waals surface area (Å²) in [6.07, 6.45) is 1.05. The van der Waals surface area contributed by atoms with Crippen LogP contribution in [0.1, 0.15) is 11.1 Å². The predicted octanol–water partition coefficient (Wildman–Crippen LogP) is 3.91. The summed E-state index contributed by atoms with van der Waals surface area (Å²) in [7, 11) is 1.71. The molecule has 0 fully saturated rings. The zero-order valence-electron chi connectivity index (χ0n) is 10.9. The molecule has 0 N–H and O–H groups in total. The number of hydrogen-bond donors (Lipinski definition) is 0. The first-order valence-corrected chi connectivity index (χ1v) is 6.80. The van der Waals surface area contributed by atoms with E-state index in [1.807, 2.05) is 18.2 Å². The van der Waals surface area contributed by atoms with Crippen LogP contribution in [-0.2, 0) is 13.0 Å². The molecule has 1 heterocycles. The van der Waals surface area contributed by atoms with E-state index in [2.05, 4.69) is 29.2 Å². The molecule has 0 saturated heterocycles. The Balaban J connectivity index is 1.84. The van der Waals surface area contributed by atoms with E-state index in [1.165, 1.54) is 16.8 Å². The molecule has 0 saturated carbocycles. The van der Waals surface area contributed by atoms with Crippen LogP contribution in [0, 0.1) is 0 Å². The van der Waals surface area contributed by atoms with Gasteiger partial charge in [-0.25, -0.2) is 0 Å². The maximum Gasteiger partial charge on any atom is 0.119 e. The lowest BCUT2D eigenvalue weighted by atomic mass is 9.99. The van der Waals surface area contributed by atoms with Gasteiger partial charge in [0.2, 0.25) is 0 Å². The van der Waals surface area contributed by atoms with Crippen LogP contribution < -0.4 is 9.64 Å². The van der Waals surface area contributed by atoms with Gasteiger partial charge in [-0.2, -0.15) is 0 Å². The van der Waals surface area contributed by atoms with Crippen LogP contribution in [0.2, 0.25) is 5.02 Å². The average Bonchev–Trinajstić information content (AvgIpc) is 2.47. The van der Waals surface area contributed by atoms with Crippen LogP contribution in [0.3, 0.4) is 0 Å². The summed E-state index contributed by atoms with van der Waals surface area (Å²) >= 11 is 5.93. The first kappa shape index (κ1) is 12.4. The van der Waals surface area contributed by atoms with E-state index in [1.54, 1.807) is 7.11 Å². The second kappa shape index (κ2) is 5.14. The minimum Gasteiger partial charge on any atom is -0.497 e. The van der Waals surface area contributed by atoms with Gasteiger partial charge in [0.25, 0.3) is 0 Å². The van der Waals surface area contributed by atoms with Gasteiger partial charge in [-0.1, -0.05) is 17.7 Å². The Bertz CT molecular complexity index is 580. The van der Waals surface area contributed by atoms with Gasteiger partial charge in [0, 0.05) is 23.8 Å². The molecular weight excluding hydrogens is 258 g/mol. The van der Waals surface area contributed by atoms with Crippen molar-refractivity contribution in [2.75, 3.05) is 18.6 Å².